The normalized spacial score (nSPS) is 10.2. The number of thiol groups is 1. The molecule has 6 nitrogen and oxygen atoms in total. The van der Waals surface area contributed by atoms with E-state index >= 15 is 0 Å². The molecule has 0 saturated heterocycles. The molecule has 0 radical (unpaired) electrons. The molecule has 0 aliphatic rings. The Hall–Kier alpha value is -1.76. The van der Waals surface area contributed by atoms with Crippen molar-refractivity contribution in [1.29, 1.82) is 0 Å². The van der Waals surface area contributed by atoms with E-state index in [1.165, 1.54) is 7.11 Å². The lowest BCUT2D eigenvalue weighted by Gasteiger charge is -2.10. The third-order valence-corrected chi connectivity index (χ3v) is 2.59. The molecule has 0 aliphatic heterocycles. The number of esters is 1. The highest BCUT2D eigenvalue weighted by Crippen LogP contribution is 2.22. The zero-order chi connectivity index (χ0) is 13.5. The zero-order valence-electron chi connectivity index (χ0n) is 10.1. The molecule has 7 heteroatoms. The monoisotopic (exact) mass is 273 g/mol. The predicted molar refractivity (Wildman–Crippen MR) is 67.3 cm³/mol. The van der Waals surface area contributed by atoms with Crippen molar-refractivity contribution in [2.75, 3.05) is 18.4 Å². The zero-order valence-corrected chi connectivity index (χ0v) is 11.0. The van der Waals surface area contributed by atoms with E-state index in [1.54, 1.807) is 25.1 Å². The third kappa shape index (κ3) is 4.25. The van der Waals surface area contributed by atoms with E-state index in [0.29, 0.717) is 17.0 Å². The number of rotatable bonds is 6. The van der Waals surface area contributed by atoms with Crippen LogP contribution in [-0.4, -0.2) is 28.1 Å². The molecule has 0 aromatic heterocycles. The van der Waals surface area contributed by atoms with E-state index in [0.717, 1.165) is 0 Å². The summed E-state index contributed by atoms with van der Waals surface area (Å²) in [6.07, 6.45) is -0.0173. The van der Waals surface area contributed by atoms with Crippen LogP contribution in [0.1, 0.15) is 12.5 Å². The molecule has 0 aliphatic carbocycles. The van der Waals surface area contributed by atoms with Gasteiger partial charge in [-0.2, -0.15) is 0 Å². The smallest absolute Gasteiger partial charge is 0.310 e. The first-order chi connectivity index (χ1) is 8.56. The molecule has 0 saturated carbocycles. The third-order valence-electron chi connectivity index (χ3n) is 2.16. The predicted octanol–water partition coefficient (Wildman–Crippen LogP) is 0.739. The minimum absolute atomic E-state index is 0.0173. The van der Waals surface area contributed by atoms with Gasteiger partial charge in [0.1, 0.15) is 5.75 Å². The van der Waals surface area contributed by atoms with Crippen molar-refractivity contribution in [1.82, 2.24) is 0 Å². The summed E-state index contributed by atoms with van der Waals surface area (Å²) in [4.78, 5) is 11.4. The number of hydrogen-bond acceptors (Lipinski definition) is 5. The molecule has 1 N–H and O–H groups in total. The van der Waals surface area contributed by atoms with Gasteiger partial charge in [0.15, 0.2) is 0 Å². The molecular formula is C11H15NO5S. The summed E-state index contributed by atoms with van der Waals surface area (Å²) >= 11 is 0. The minimum atomic E-state index is -2.78. The van der Waals surface area contributed by atoms with E-state index < -0.39 is 16.9 Å². The first kappa shape index (κ1) is 14.3. The Morgan fingerprint density at radius 2 is 2.11 bits per heavy atom. The summed E-state index contributed by atoms with van der Waals surface area (Å²) in [7, 11) is -1.29. The van der Waals surface area contributed by atoms with Gasteiger partial charge in [0.05, 0.1) is 25.8 Å². The fourth-order valence-corrected chi connectivity index (χ4v) is 1.83. The maximum atomic E-state index is 11.4. The van der Waals surface area contributed by atoms with Crippen LogP contribution in [0.4, 0.5) is 5.69 Å². The summed E-state index contributed by atoms with van der Waals surface area (Å²) in [6.45, 7) is 1.98. The van der Waals surface area contributed by atoms with Gasteiger partial charge in [-0.25, -0.2) is 8.42 Å². The van der Waals surface area contributed by atoms with Crippen molar-refractivity contribution >= 4 is 22.5 Å². The first-order valence-corrected chi connectivity index (χ1v) is 6.48. The molecule has 0 bridgehead atoms. The molecule has 100 valence electrons. The molecule has 0 heterocycles. The van der Waals surface area contributed by atoms with Crippen molar-refractivity contribution in [3.05, 3.63) is 23.8 Å². The van der Waals surface area contributed by atoms with Crippen LogP contribution in [0.3, 0.4) is 0 Å². The highest BCUT2D eigenvalue weighted by Gasteiger charge is 2.10. The van der Waals surface area contributed by atoms with Gasteiger partial charge in [-0.05, 0) is 30.7 Å². The number of benzene rings is 1. The van der Waals surface area contributed by atoms with Crippen LogP contribution in [0.15, 0.2) is 18.2 Å². The average Bonchev–Trinajstić information content (AvgIpc) is 2.31. The maximum absolute atomic E-state index is 11.4. The lowest BCUT2D eigenvalue weighted by molar-refractivity contribution is -0.142. The van der Waals surface area contributed by atoms with E-state index in [9.17, 15) is 13.2 Å². The Morgan fingerprint density at radius 1 is 1.39 bits per heavy atom. The van der Waals surface area contributed by atoms with Crippen molar-refractivity contribution in [2.45, 2.75) is 13.3 Å². The quantitative estimate of drug-likeness (QED) is 0.590. The molecule has 0 amide bonds. The molecule has 0 atom stereocenters. The summed E-state index contributed by atoms with van der Waals surface area (Å²) < 4.78 is 33.4. The van der Waals surface area contributed by atoms with Gasteiger partial charge in [-0.1, -0.05) is 0 Å². The number of ether oxygens (including phenoxy) is 2. The fourth-order valence-electron chi connectivity index (χ4n) is 1.42. The van der Waals surface area contributed by atoms with Crippen molar-refractivity contribution < 1.29 is 22.7 Å². The Morgan fingerprint density at radius 3 is 2.67 bits per heavy atom. The summed E-state index contributed by atoms with van der Waals surface area (Å²) in [5, 5.41) is 0. The summed E-state index contributed by atoms with van der Waals surface area (Å²) in [6, 6.07) is 4.74. The number of methoxy groups -OCH3 is 1. The summed E-state index contributed by atoms with van der Waals surface area (Å²) in [5.74, 6) is 0.121. The second-order valence-corrected chi connectivity index (χ2v) is 4.11. The molecule has 1 aromatic carbocycles. The number of hydrogen-bond donors (Lipinski definition) is 2. The van der Waals surface area contributed by atoms with Crippen molar-refractivity contribution in [2.24, 2.45) is 0 Å². The number of anilines is 1. The molecule has 1 aromatic rings. The minimum Gasteiger partial charge on any atom is -0.497 e. The molecule has 1 rings (SSSR count). The van der Waals surface area contributed by atoms with Crippen LogP contribution in [0, 0.1) is 0 Å². The van der Waals surface area contributed by atoms with Crippen LogP contribution in [0.2, 0.25) is 0 Å². The molecule has 18 heavy (non-hydrogen) atoms. The largest absolute Gasteiger partial charge is 0.497 e. The van der Waals surface area contributed by atoms with Gasteiger partial charge in [0.2, 0.25) is 10.9 Å². The van der Waals surface area contributed by atoms with Crippen molar-refractivity contribution in [3.63, 3.8) is 0 Å². The molecule has 0 fully saturated rings. The second kappa shape index (κ2) is 6.85. The van der Waals surface area contributed by atoms with Crippen LogP contribution in [0.5, 0.6) is 5.75 Å². The van der Waals surface area contributed by atoms with Gasteiger partial charge in [0, 0.05) is 0 Å². The highest BCUT2D eigenvalue weighted by atomic mass is 32.2. The molecular weight excluding hydrogens is 258 g/mol. The average molecular weight is 273 g/mol. The lowest BCUT2D eigenvalue weighted by Crippen LogP contribution is -2.10. The fraction of sp³-hybridized carbons (Fsp3) is 0.364. The Kier molecular flexibility index (Phi) is 5.44. The van der Waals surface area contributed by atoms with Gasteiger partial charge in [-0.15, -0.1) is 0 Å². The van der Waals surface area contributed by atoms with Crippen LogP contribution in [0.25, 0.3) is 0 Å². The molecule has 0 unspecified atom stereocenters. The van der Waals surface area contributed by atoms with E-state index in [1.807, 2.05) is 0 Å². The Labute approximate surface area is 107 Å². The van der Waals surface area contributed by atoms with Crippen LogP contribution >= 0.6 is 0 Å². The van der Waals surface area contributed by atoms with E-state index in [2.05, 4.69) is 4.72 Å². The molecule has 0 spiro atoms. The van der Waals surface area contributed by atoms with E-state index in [-0.39, 0.29) is 13.0 Å². The van der Waals surface area contributed by atoms with Crippen LogP contribution < -0.4 is 9.46 Å². The van der Waals surface area contributed by atoms with Gasteiger partial charge in [0.25, 0.3) is 0 Å². The van der Waals surface area contributed by atoms with Gasteiger partial charge < -0.3 is 9.47 Å². The Bertz CT molecular complexity index is 490. The number of carbonyl (C=O) groups excluding carboxylic acids is 1. The lowest BCUT2D eigenvalue weighted by atomic mass is 10.1. The first-order valence-electron chi connectivity index (χ1n) is 5.30. The number of nitrogens with one attached hydrogen (secondary N) is 1. The van der Waals surface area contributed by atoms with Gasteiger partial charge >= 0.3 is 5.97 Å². The topological polar surface area (TPSA) is 81.7 Å². The number of carbonyl (C=O) groups is 1. The SMILES string of the molecule is CCOC(=O)Cc1cc(OC)ccc1N[SH](=O)=O. The van der Waals surface area contributed by atoms with Crippen molar-refractivity contribution in [3.8, 4) is 5.75 Å². The van der Waals surface area contributed by atoms with Gasteiger partial charge in [-0.3, -0.25) is 9.52 Å². The maximum Gasteiger partial charge on any atom is 0.310 e. The Balaban J connectivity index is 2.99. The van der Waals surface area contributed by atoms with E-state index in [4.69, 9.17) is 9.47 Å². The highest BCUT2D eigenvalue weighted by molar-refractivity contribution is 7.73. The standard InChI is InChI=1S/C11H15NO5S/c1-3-17-11(13)7-8-6-9(16-2)4-5-10(8)12-18(14)15/h4-6,18H,3,7H2,1-2H3,(H,12,14,15). The van der Waals surface area contributed by atoms with Crippen LogP contribution in [-0.2, 0) is 26.8 Å². The second-order valence-electron chi connectivity index (χ2n) is 3.37. The summed E-state index contributed by atoms with van der Waals surface area (Å²) in [5.41, 5.74) is 0.854.